The quantitative estimate of drug-likeness (QED) is 0.937. The molecule has 0 fully saturated rings. The number of benzene rings is 1. The smallest absolute Gasteiger partial charge is 0.198 e. The molecule has 4 heteroatoms. The Bertz CT molecular complexity index is 797. The molecule has 1 aromatic carbocycles. The third kappa shape index (κ3) is 2.02. The molecule has 0 amide bonds. The topological polar surface area (TPSA) is 67.5 Å². The van der Waals surface area contributed by atoms with Gasteiger partial charge in [-0.25, -0.2) is 0 Å². The molecule has 0 saturated carbocycles. The van der Waals surface area contributed by atoms with Gasteiger partial charge in [-0.1, -0.05) is 31.2 Å². The summed E-state index contributed by atoms with van der Waals surface area (Å²) in [5, 5.41) is 11.0. The Balaban J connectivity index is 2.28. The van der Waals surface area contributed by atoms with Gasteiger partial charge in [-0.2, -0.15) is 0 Å². The van der Waals surface area contributed by atoms with Gasteiger partial charge in [0.2, 0.25) is 0 Å². The summed E-state index contributed by atoms with van der Waals surface area (Å²) in [6, 6.07) is 9.47. The minimum absolute atomic E-state index is 0.243. The van der Waals surface area contributed by atoms with Crippen LogP contribution in [0, 0.1) is 5.41 Å². The summed E-state index contributed by atoms with van der Waals surface area (Å²) in [4.78, 5) is 25.3. The number of fused-ring (bicyclic) bond motifs is 1. The maximum absolute atomic E-state index is 12.7. The first-order valence-electron chi connectivity index (χ1n) is 8.19. The van der Waals surface area contributed by atoms with Crippen molar-refractivity contribution < 1.29 is 19.1 Å². The van der Waals surface area contributed by atoms with Crippen LogP contribution < -0.4 is 0 Å². The van der Waals surface area contributed by atoms with Gasteiger partial charge >= 0.3 is 0 Å². The summed E-state index contributed by atoms with van der Waals surface area (Å²) in [5.74, 6) is -0.773. The maximum atomic E-state index is 12.7. The lowest BCUT2D eigenvalue weighted by Crippen LogP contribution is -2.60. The van der Waals surface area contributed by atoms with Gasteiger partial charge in [-0.15, -0.1) is 0 Å². The number of carbonyl (C=O) groups is 2. The Morgan fingerprint density at radius 2 is 1.83 bits per heavy atom. The maximum Gasteiger partial charge on any atom is 0.198 e. The zero-order chi connectivity index (χ0) is 17.7. The summed E-state index contributed by atoms with van der Waals surface area (Å²) in [7, 11) is 0. The lowest BCUT2D eigenvalue weighted by Gasteiger charge is -2.47. The van der Waals surface area contributed by atoms with E-state index in [1.807, 2.05) is 24.3 Å². The van der Waals surface area contributed by atoms with Crippen LogP contribution in [-0.2, 0) is 11.2 Å². The monoisotopic (exact) mass is 326 g/mol. The molecule has 4 nitrogen and oxygen atoms in total. The number of carbonyl (C=O) groups excluding carboxylic acids is 2. The Morgan fingerprint density at radius 3 is 2.38 bits per heavy atom. The van der Waals surface area contributed by atoms with Crippen LogP contribution in [0.15, 0.2) is 41.0 Å². The van der Waals surface area contributed by atoms with Crippen molar-refractivity contribution in [2.24, 2.45) is 5.41 Å². The van der Waals surface area contributed by atoms with Crippen molar-refractivity contribution in [3.8, 4) is 0 Å². The van der Waals surface area contributed by atoms with Crippen molar-refractivity contribution in [3.05, 3.63) is 59.0 Å². The molecular formula is C20H22O4. The molecule has 0 saturated heterocycles. The van der Waals surface area contributed by atoms with E-state index < -0.39 is 22.7 Å². The van der Waals surface area contributed by atoms with Gasteiger partial charge in [0.15, 0.2) is 5.78 Å². The van der Waals surface area contributed by atoms with Crippen LogP contribution in [0.5, 0.6) is 0 Å². The zero-order valence-corrected chi connectivity index (χ0v) is 14.4. The number of hydrogen-bond acceptors (Lipinski definition) is 4. The minimum atomic E-state index is -1.80. The fraction of sp³-hybridized carbons (Fsp3) is 0.400. The van der Waals surface area contributed by atoms with Gasteiger partial charge in [0, 0.05) is 0 Å². The SMILES string of the molecule is CCc1ccc([C@@H]2c3occc3C(=O)[C@](C)(O)[C@@]2(C)C(C)=O)cc1. The molecule has 1 aliphatic rings. The number of furan rings is 1. The molecule has 126 valence electrons. The van der Waals surface area contributed by atoms with Crippen LogP contribution in [0.3, 0.4) is 0 Å². The fourth-order valence-corrected chi connectivity index (χ4v) is 3.75. The van der Waals surface area contributed by atoms with Crippen molar-refractivity contribution >= 4 is 11.6 Å². The first-order chi connectivity index (χ1) is 11.2. The molecule has 0 bridgehead atoms. The first-order valence-corrected chi connectivity index (χ1v) is 8.19. The third-order valence-corrected chi connectivity index (χ3v) is 5.69. The van der Waals surface area contributed by atoms with E-state index >= 15 is 0 Å². The molecule has 1 heterocycles. The Kier molecular flexibility index (Phi) is 3.76. The Hall–Kier alpha value is -2.20. The van der Waals surface area contributed by atoms with E-state index in [1.54, 1.807) is 13.0 Å². The van der Waals surface area contributed by atoms with Gasteiger partial charge in [-0.3, -0.25) is 9.59 Å². The van der Waals surface area contributed by atoms with Crippen molar-refractivity contribution in [2.75, 3.05) is 0 Å². The summed E-state index contributed by atoms with van der Waals surface area (Å²) >= 11 is 0. The number of Topliss-reactive ketones (excluding diaryl/α,β-unsaturated/α-hetero) is 2. The molecule has 2 aromatic rings. The molecule has 24 heavy (non-hydrogen) atoms. The second-order valence-corrected chi connectivity index (χ2v) is 6.89. The van der Waals surface area contributed by atoms with Crippen LogP contribution in [0.2, 0.25) is 0 Å². The van der Waals surface area contributed by atoms with E-state index in [2.05, 4.69) is 6.92 Å². The Labute approximate surface area is 141 Å². The second kappa shape index (κ2) is 5.42. The summed E-state index contributed by atoms with van der Waals surface area (Å²) in [5.41, 5.74) is -0.717. The van der Waals surface area contributed by atoms with E-state index in [0.717, 1.165) is 12.0 Å². The highest BCUT2D eigenvalue weighted by molar-refractivity contribution is 6.09. The molecule has 0 radical (unpaired) electrons. The molecular weight excluding hydrogens is 304 g/mol. The summed E-state index contributed by atoms with van der Waals surface area (Å²) in [6.45, 7) is 6.57. The third-order valence-electron chi connectivity index (χ3n) is 5.69. The van der Waals surface area contributed by atoms with Gasteiger partial charge in [0.1, 0.15) is 17.1 Å². The van der Waals surface area contributed by atoms with Gasteiger partial charge in [0.25, 0.3) is 0 Å². The van der Waals surface area contributed by atoms with E-state index in [4.69, 9.17) is 4.42 Å². The fourth-order valence-electron chi connectivity index (χ4n) is 3.75. The van der Waals surface area contributed by atoms with Gasteiger partial charge in [0.05, 0.1) is 23.2 Å². The van der Waals surface area contributed by atoms with E-state index in [9.17, 15) is 14.7 Å². The number of hydrogen-bond donors (Lipinski definition) is 1. The van der Waals surface area contributed by atoms with Crippen LogP contribution >= 0.6 is 0 Å². The highest BCUT2D eigenvalue weighted by atomic mass is 16.3. The Morgan fingerprint density at radius 1 is 1.21 bits per heavy atom. The average molecular weight is 326 g/mol. The first kappa shape index (κ1) is 16.7. The standard InChI is InChI=1S/C20H22O4/c1-5-13-6-8-14(9-7-13)16-17-15(10-11-24-17)18(22)20(4,23)19(16,3)12(2)21/h6-11,16,23H,5H2,1-4H3/t16-,19+,20+/m1/s1. The van der Waals surface area contributed by atoms with E-state index in [0.29, 0.717) is 11.3 Å². The lowest BCUT2D eigenvalue weighted by molar-refractivity contribution is -0.140. The average Bonchev–Trinajstić information content (AvgIpc) is 3.02. The lowest BCUT2D eigenvalue weighted by atomic mass is 9.55. The molecule has 0 spiro atoms. The molecule has 3 atom stereocenters. The molecule has 0 aliphatic heterocycles. The van der Waals surface area contributed by atoms with Crippen molar-refractivity contribution in [1.82, 2.24) is 0 Å². The van der Waals surface area contributed by atoms with Crippen LogP contribution in [0.25, 0.3) is 0 Å². The van der Waals surface area contributed by atoms with Crippen LogP contribution in [0.4, 0.5) is 0 Å². The molecule has 3 rings (SSSR count). The highest BCUT2D eigenvalue weighted by Crippen LogP contribution is 2.54. The van der Waals surface area contributed by atoms with E-state index in [1.165, 1.54) is 25.7 Å². The molecule has 1 aliphatic carbocycles. The van der Waals surface area contributed by atoms with Crippen LogP contribution in [0.1, 0.15) is 60.9 Å². The highest BCUT2D eigenvalue weighted by Gasteiger charge is 2.62. The summed E-state index contributed by atoms with van der Waals surface area (Å²) in [6.07, 6.45) is 2.36. The molecule has 1 N–H and O–H groups in total. The van der Waals surface area contributed by atoms with Crippen LogP contribution in [-0.4, -0.2) is 22.3 Å². The number of ketones is 2. The largest absolute Gasteiger partial charge is 0.468 e. The number of aryl methyl sites for hydroxylation is 1. The summed E-state index contributed by atoms with van der Waals surface area (Å²) < 4.78 is 5.60. The normalized spacial score (nSPS) is 29.4. The van der Waals surface area contributed by atoms with Crippen molar-refractivity contribution in [1.29, 1.82) is 0 Å². The number of rotatable bonds is 3. The second-order valence-electron chi connectivity index (χ2n) is 6.89. The predicted octanol–water partition coefficient (Wildman–Crippen LogP) is 3.52. The molecule has 0 unspecified atom stereocenters. The van der Waals surface area contributed by atoms with Gasteiger partial charge < -0.3 is 9.52 Å². The minimum Gasteiger partial charge on any atom is -0.468 e. The van der Waals surface area contributed by atoms with Crippen molar-refractivity contribution in [2.45, 2.75) is 45.6 Å². The molecule has 1 aromatic heterocycles. The van der Waals surface area contributed by atoms with E-state index in [-0.39, 0.29) is 5.78 Å². The zero-order valence-electron chi connectivity index (χ0n) is 14.4. The number of aliphatic hydroxyl groups is 1. The van der Waals surface area contributed by atoms with Crippen molar-refractivity contribution in [3.63, 3.8) is 0 Å². The van der Waals surface area contributed by atoms with Gasteiger partial charge in [-0.05, 0) is 44.4 Å². The predicted molar refractivity (Wildman–Crippen MR) is 90.1 cm³/mol.